The zero-order valence-electron chi connectivity index (χ0n) is 12.6. The number of hydrogen-bond donors (Lipinski definition) is 1. The molecule has 2 heterocycles. The number of nitrogens with one attached hydrogen (secondary N) is 1. The van der Waals surface area contributed by atoms with Gasteiger partial charge in [0, 0.05) is 12.6 Å². The summed E-state index contributed by atoms with van der Waals surface area (Å²) in [6.07, 6.45) is 0.877. The van der Waals surface area contributed by atoms with Gasteiger partial charge in [0.1, 0.15) is 12.7 Å². The van der Waals surface area contributed by atoms with Crippen LogP contribution in [0.4, 0.5) is 0 Å². The Morgan fingerprint density at radius 3 is 2.87 bits per heavy atom. The summed E-state index contributed by atoms with van der Waals surface area (Å²) in [4.78, 5) is 0. The van der Waals surface area contributed by atoms with Crippen LogP contribution in [-0.4, -0.2) is 42.6 Å². The van der Waals surface area contributed by atoms with E-state index in [0.717, 1.165) is 31.0 Å². The van der Waals surface area contributed by atoms with Crippen molar-refractivity contribution in [2.75, 3.05) is 26.3 Å². The van der Waals surface area contributed by atoms with Crippen LogP contribution in [0, 0.1) is 0 Å². The van der Waals surface area contributed by atoms with E-state index in [1.807, 2.05) is 24.3 Å². The molecule has 0 amide bonds. The molecule has 6 nitrogen and oxygen atoms in total. The van der Waals surface area contributed by atoms with Crippen molar-refractivity contribution in [3.05, 3.63) is 41.6 Å². The van der Waals surface area contributed by atoms with Crippen LogP contribution in [0.15, 0.2) is 36.4 Å². The van der Waals surface area contributed by atoms with Crippen LogP contribution in [0.25, 0.3) is 0 Å². The summed E-state index contributed by atoms with van der Waals surface area (Å²) in [5.74, 6) is 2.09. The Kier molecular flexibility index (Phi) is 5.50. The van der Waals surface area contributed by atoms with Gasteiger partial charge in [-0.1, -0.05) is 23.7 Å². The molecule has 1 aromatic carbocycles. The van der Waals surface area contributed by atoms with Gasteiger partial charge >= 0.3 is 0 Å². The molecule has 1 aliphatic heterocycles. The second-order valence-electron chi connectivity index (χ2n) is 5.10. The highest BCUT2D eigenvalue weighted by Gasteiger charge is 2.19. The van der Waals surface area contributed by atoms with Gasteiger partial charge in [-0.25, -0.2) is 0 Å². The van der Waals surface area contributed by atoms with Crippen molar-refractivity contribution in [2.24, 2.45) is 0 Å². The number of ether oxygens (including phenoxy) is 3. The number of rotatable bonds is 7. The van der Waals surface area contributed by atoms with Gasteiger partial charge in [0.05, 0.1) is 6.61 Å². The Bertz CT molecular complexity index is 624. The smallest absolute Gasteiger partial charge is 0.233 e. The van der Waals surface area contributed by atoms with Crippen LogP contribution in [0.5, 0.6) is 17.4 Å². The largest absolute Gasteiger partial charge is 0.486 e. The highest BCUT2D eigenvalue weighted by Crippen LogP contribution is 2.30. The van der Waals surface area contributed by atoms with E-state index in [1.165, 1.54) is 0 Å². The summed E-state index contributed by atoms with van der Waals surface area (Å²) < 4.78 is 17.0. The summed E-state index contributed by atoms with van der Waals surface area (Å²) in [6.45, 7) is 2.67. The minimum atomic E-state index is 0.0213. The number of benzene rings is 1. The lowest BCUT2D eigenvalue weighted by Crippen LogP contribution is -2.39. The Morgan fingerprint density at radius 2 is 2.04 bits per heavy atom. The Labute approximate surface area is 139 Å². The number of aromatic nitrogens is 2. The SMILES string of the molecule is Clc1ccc(OCCCNCC2COc3ccccc3O2)nn1. The second kappa shape index (κ2) is 7.99. The molecule has 0 aliphatic carbocycles. The molecule has 0 radical (unpaired) electrons. The van der Waals surface area contributed by atoms with Gasteiger partial charge in [0.2, 0.25) is 5.88 Å². The van der Waals surface area contributed by atoms with E-state index in [1.54, 1.807) is 12.1 Å². The number of hydrogen-bond acceptors (Lipinski definition) is 6. The van der Waals surface area contributed by atoms with Crippen LogP contribution in [-0.2, 0) is 0 Å². The van der Waals surface area contributed by atoms with Gasteiger partial charge in [0.25, 0.3) is 0 Å². The predicted molar refractivity (Wildman–Crippen MR) is 86.4 cm³/mol. The van der Waals surface area contributed by atoms with Crippen molar-refractivity contribution < 1.29 is 14.2 Å². The third-order valence-electron chi connectivity index (χ3n) is 3.29. The van der Waals surface area contributed by atoms with Crippen molar-refractivity contribution in [3.8, 4) is 17.4 Å². The summed E-state index contributed by atoms with van der Waals surface area (Å²) in [5, 5.41) is 11.2. The number of nitrogens with zero attached hydrogens (tertiary/aromatic N) is 2. The van der Waals surface area contributed by atoms with Gasteiger partial charge in [0.15, 0.2) is 16.7 Å². The third-order valence-corrected chi connectivity index (χ3v) is 3.50. The average molecular weight is 336 g/mol. The molecule has 1 unspecified atom stereocenters. The summed E-state index contributed by atoms with van der Waals surface area (Å²) >= 11 is 5.66. The first kappa shape index (κ1) is 15.8. The van der Waals surface area contributed by atoms with Crippen LogP contribution in [0.3, 0.4) is 0 Å². The molecular formula is C16H18ClN3O3. The molecule has 7 heteroatoms. The predicted octanol–water partition coefficient (Wildman–Crippen LogP) is 2.33. The van der Waals surface area contributed by atoms with Gasteiger partial charge in [-0.15, -0.1) is 10.2 Å². The molecule has 1 N–H and O–H groups in total. The molecule has 1 atom stereocenters. The first-order valence-electron chi connectivity index (χ1n) is 7.52. The summed E-state index contributed by atoms with van der Waals surface area (Å²) in [7, 11) is 0. The lowest BCUT2D eigenvalue weighted by molar-refractivity contribution is 0.0902. The summed E-state index contributed by atoms with van der Waals surface area (Å²) in [5.41, 5.74) is 0. The zero-order chi connectivity index (χ0) is 15.9. The molecule has 23 heavy (non-hydrogen) atoms. The van der Waals surface area contributed by atoms with Crippen molar-refractivity contribution in [1.29, 1.82) is 0 Å². The maximum Gasteiger partial charge on any atom is 0.233 e. The van der Waals surface area contributed by atoms with Crippen molar-refractivity contribution in [1.82, 2.24) is 15.5 Å². The lowest BCUT2D eigenvalue weighted by atomic mass is 10.2. The van der Waals surface area contributed by atoms with Crippen LogP contribution in [0.1, 0.15) is 6.42 Å². The zero-order valence-corrected chi connectivity index (χ0v) is 13.3. The molecule has 0 bridgehead atoms. The molecular weight excluding hydrogens is 318 g/mol. The maximum atomic E-state index is 5.87. The van der Waals surface area contributed by atoms with E-state index >= 15 is 0 Å². The molecule has 1 aliphatic rings. The van der Waals surface area contributed by atoms with Crippen molar-refractivity contribution in [2.45, 2.75) is 12.5 Å². The highest BCUT2D eigenvalue weighted by molar-refractivity contribution is 6.29. The van der Waals surface area contributed by atoms with Crippen molar-refractivity contribution in [3.63, 3.8) is 0 Å². The molecule has 0 saturated heterocycles. The van der Waals surface area contributed by atoms with Gasteiger partial charge < -0.3 is 19.5 Å². The second-order valence-corrected chi connectivity index (χ2v) is 5.49. The van der Waals surface area contributed by atoms with Gasteiger partial charge in [-0.3, -0.25) is 0 Å². The van der Waals surface area contributed by atoms with E-state index in [2.05, 4.69) is 15.5 Å². The molecule has 3 rings (SSSR count). The molecule has 0 saturated carbocycles. The van der Waals surface area contributed by atoms with Crippen LogP contribution >= 0.6 is 11.6 Å². The van der Waals surface area contributed by atoms with Crippen LogP contribution < -0.4 is 19.5 Å². The minimum absolute atomic E-state index is 0.0213. The molecule has 1 aromatic heterocycles. The summed E-state index contributed by atoms with van der Waals surface area (Å²) in [6, 6.07) is 11.1. The van der Waals surface area contributed by atoms with Gasteiger partial charge in [-0.05, 0) is 31.2 Å². The lowest BCUT2D eigenvalue weighted by Gasteiger charge is -2.26. The fraction of sp³-hybridized carbons (Fsp3) is 0.375. The van der Waals surface area contributed by atoms with E-state index in [0.29, 0.717) is 24.2 Å². The standard InChI is InChI=1S/C16H18ClN3O3/c17-15-6-7-16(20-19-15)21-9-3-8-18-10-12-11-22-13-4-1-2-5-14(13)23-12/h1-2,4-7,12,18H,3,8-11H2. The average Bonchev–Trinajstić information content (AvgIpc) is 2.59. The van der Waals surface area contributed by atoms with E-state index in [9.17, 15) is 0 Å². The van der Waals surface area contributed by atoms with E-state index in [-0.39, 0.29) is 6.10 Å². The Balaban J connectivity index is 1.29. The van der Waals surface area contributed by atoms with E-state index < -0.39 is 0 Å². The Morgan fingerprint density at radius 1 is 1.17 bits per heavy atom. The molecule has 0 spiro atoms. The topological polar surface area (TPSA) is 65.5 Å². The first-order chi connectivity index (χ1) is 11.3. The van der Waals surface area contributed by atoms with Crippen LogP contribution in [0.2, 0.25) is 5.15 Å². The monoisotopic (exact) mass is 335 g/mol. The number of fused-ring (bicyclic) bond motifs is 1. The fourth-order valence-corrected chi connectivity index (χ4v) is 2.28. The Hall–Kier alpha value is -2.05. The third kappa shape index (κ3) is 4.71. The first-order valence-corrected chi connectivity index (χ1v) is 7.90. The molecule has 0 fully saturated rings. The minimum Gasteiger partial charge on any atom is -0.486 e. The molecule has 2 aromatic rings. The quantitative estimate of drug-likeness (QED) is 0.783. The highest BCUT2D eigenvalue weighted by atomic mass is 35.5. The van der Waals surface area contributed by atoms with Crippen molar-refractivity contribution >= 4 is 11.6 Å². The van der Waals surface area contributed by atoms with E-state index in [4.69, 9.17) is 25.8 Å². The van der Waals surface area contributed by atoms with Gasteiger partial charge in [-0.2, -0.15) is 0 Å². The molecule has 122 valence electrons. The maximum absolute atomic E-state index is 5.87. The normalized spacial score (nSPS) is 16.1. The number of para-hydroxylation sites is 2. The number of halogens is 1. The fourth-order valence-electron chi connectivity index (χ4n) is 2.18.